The van der Waals surface area contributed by atoms with Crippen LogP contribution < -0.4 is 9.47 Å². The van der Waals surface area contributed by atoms with Crippen LogP contribution in [0.1, 0.15) is 11.1 Å². The molecule has 6 nitrogen and oxygen atoms in total. The molecule has 28 heavy (non-hydrogen) atoms. The molecule has 2 amide bonds. The fraction of sp³-hybridized carbons (Fsp3) is 0.364. The van der Waals surface area contributed by atoms with Crippen molar-refractivity contribution in [3.63, 3.8) is 0 Å². The number of carbonyl (C=O) groups is 2. The molecule has 2 aromatic carbocycles. The van der Waals surface area contributed by atoms with E-state index in [4.69, 9.17) is 9.47 Å². The number of hydrogen-bond donors (Lipinski definition) is 0. The van der Waals surface area contributed by atoms with Crippen molar-refractivity contribution < 1.29 is 19.1 Å². The van der Waals surface area contributed by atoms with Gasteiger partial charge in [0, 0.05) is 26.2 Å². The molecular weight excluding hydrogens is 356 g/mol. The van der Waals surface area contributed by atoms with Crippen molar-refractivity contribution in [1.29, 1.82) is 0 Å². The summed E-state index contributed by atoms with van der Waals surface area (Å²) in [5, 5.41) is 0. The molecule has 0 spiro atoms. The number of piperazine rings is 1. The van der Waals surface area contributed by atoms with Gasteiger partial charge in [0.1, 0.15) is 11.5 Å². The topological polar surface area (TPSA) is 59.1 Å². The zero-order valence-electron chi connectivity index (χ0n) is 16.4. The fourth-order valence-electron chi connectivity index (χ4n) is 3.07. The Kier molecular flexibility index (Phi) is 6.53. The van der Waals surface area contributed by atoms with Crippen LogP contribution in [0.4, 0.5) is 0 Å². The summed E-state index contributed by atoms with van der Waals surface area (Å²) in [6.07, 6.45) is 0. The number of aryl methyl sites for hydroxylation is 1. The first-order valence-corrected chi connectivity index (χ1v) is 9.47. The summed E-state index contributed by atoms with van der Waals surface area (Å²) < 4.78 is 11.2. The first-order chi connectivity index (χ1) is 13.5. The Morgan fingerprint density at radius 2 is 1.36 bits per heavy atom. The van der Waals surface area contributed by atoms with Gasteiger partial charge >= 0.3 is 0 Å². The second kappa shape index (κ2) is 9.26. The van der Waals surface area contributed by atoms with Gasteiger partial charge in [0.2, 0.25) is 0 Å². The van der Waals surface area contributed by atoms with Gasteiger partial charge in [0.15, 0.2) is 13.2 Å². The van der Waals surface area contributed by atoms with Gasteiger partial charge in [-0.3, -0.25) is 9.59 Å². The van der Waals surface area contributed by atoms with Crippen molar-refractivity contribution in [2.24, 2.45) is 0 Å². The molecule has 1 aliphatic heterocycles. The number of rotatable bonds is 6. The van der Waals surface area contributed by atoms with Crippen LogP contribution in [-0.2, 0) is 9.59 Å². The van der Waals surface area contributed by atoms with Crippen molar-refractivity contribution in [3.05, 3.63) is 59.7 Å². The molecular formula is C22H26N2O4. The smallest absolute Gasteiger partial charge is 0.260 e. The van der Waals surface area contributed by atoms with Gasteiger partial charge in [-0.2, -0.15) is 0 Å². The Balaban J connectivity index is 1.42. The van der Waals surface area contributed by atoms with Gasteiger partial charge < -0.3 is 19.3 Å². The van der Waals surface area contributed by atoms with Crippen LogP contribution in [0.3, 0.4) is 0 Å². The minimum Gasteiger partial charge on any atom is -0.484 e. The van der Waals surface area contributed by atoms with E-state index in [2.05, 4.69) is 0 Å². The average molecular weight is 382 g/mol. The van der Waals surface area contributed by atoms with E-state index in [1.54, 1.807) is 9.80 Å². The zero-order chi connectivity index (χ0) is 19.9. The summed E-state index contributed by atoms with van der Waals surface area (Å²) in [5.41, 5.74) is 2.18. The lowest BCUT2D eigenvalue weighted by Gasteiger charge is -2.34. The number of benzene rings is 2. The number of nitrogens with zero attached hydrogens (tertiary/aromatic N) is 2. The first kappa shape index (κ1) is 19.7. The van der Waals surface area contributed by atoms with E-state index in [1.807, 2.05) is 62.4 Å². The molecule has 2 aromatic rings. The molecule has 148 valence electrons. The molecule has 0 radical (unpaired) electrons. The highest BCUT2D eigenvalue weighted by molar-refractivity contribution is 5.80. The van der Waals surface area contributed by atoms with Crippen molar-refractivity contribution in [1.82, 2.24) is 9.80 Å². The van der Waals surface area contributed by atoms with E-state index in [0.717, 1.165) is 16.9 Å². The molecule has 1 fully saturated rings. The summed E-state index contributed by atoms with van der Waals surface area (Å²) in [7, 11) is 0. The number of ether oxygens (including phenoxy) is 2. The fourth-order valence-corrected chi connectivity index (χ4v) is 3.07. The highest BCUT2D eigenvalue weighted by Gasteiger charge is 2.24. The second-order valence-corrected chi connectivity index (χ2v) is 6.85. The Morgan fingerprint density at radius 1 is 0.786 bits per heavy atom. The number of hydrogen-bond acceptors (Lipinski definition) is 4. The maximum atomic E-state index is 12.4. The molecule has 1 saturated heterocycles. The lowest BCUT2D eigenvalue weighted by molar-refractivity contribution is -0.141. The molecule has 0 atom stereocenters. The summed E-state index contributed by atoms with van der Waals surface area (Å²) in [6, 6.07) is 15.1. The monoisotopic (exact) mass is 382 g/mol. The Morgan fingerprint density at radius 3 is 1.96 bits per heavy atom. The highest BCUT2D eigenvalue weighted by Crippen LogP contribution is 2.20. The highest BCUT2D eigenvalue weighted by atomic mass is 16.5. The Labute approximate surface area is 165 Å². The third-order valence-corrected chi connectivity index (χ3v) is 5.00. The van der Waals surface area contributed by atoms with Crippen LogP contribution in [0.5, 0.6) is 11.5 Å². The second-order valence-electron chi connectivity index (χ2n) is 6.85. The number of amides is 2. The van der Waals surface area contributed by atoms with Gasteiger partial charge in [-0.1, -0.05) is 30.3 Å². The van der Waals surface area contributed by atoms with Crippen LogP contribution in [0.2, 0.25) is 0 Å². The van der Waals surface area contributed by atoms with Crippen LogP contribution in [0.25, 0.3) is 0 Å². The van der Waals surface area contributed by atoms with Gasteiger partial charge in [-0.15, -0.1) is 0 Å². The van der Waals surface area contributed by atoms with E-state index in [0.29, 0.717) is 31.9 Å². The minimum atomic E-state index is -0.0670. The minimum absolute atomic E-state index is 0.00764. The van der Waals surface area contributed by atoms with E-state index in [-0.39, 0.29) is 25.0 Å². The molecule has 0 bridgehead atoms. The Bertz CT molecular complexity index is 815. The van der Waals surface area contributed by atoms with Crippen molar-refractivity contribution in [2.75, 3.05) is 39.4 Å². The summed E-state index contributed by atoms with van der Waals surface area (Å²) >= 11 is 0. The van der Waals surface area contributed by atoms with Crippen molar-refractivity contribution in [3.8, 4) is 11.5 Å². The van der Waals surface area contributed by atoms with E-state index in [1.165, 1.54) is 0 Å². The number of carbonyl (C=O) groups excluding carboxylic acids is 2. The molecule has 0 aliphatic carbocycles. The van der Waals surface area contributed by atoms with Gasteiger partial charge in [0.05, 0.1) is 0 Å². The zero-order valence-corrected chi connectivity index (χ0v) is 16.4. The van der Waals surface area contributed by atoms with Crippen molar-refractivity contribution >= 4 is 11.8 Å². The predicted molar refractivity (Wildman–Crippen MR) is 107 cm³/mol. The summed E-state index contributed by atoms with van der Waals surface area (Å²) in [5.74, 6) is 1.28. The summed E-state index contributed by atoms with van der Waals surface area (Å²) in [6.45, 7) is 6.04. The number of para-hydroxylation sites is 1. The van der Waals surface area contributed by atoms with Gasteiger partial charge in [-0.05, 0) is 43.2 Å². The van der Waals surface area contributed by atoms with Crippen molar-refractivity contribution in [2.45, 2.75) is 13.8 Å². The normalized spacial score (nSPS) is 13.9. The molecule has 6 heteroatoms. The largest absolute Gasteiger partial charge is 0.484 e. The van der Waals surface area contributed by atoms with E-state index < -0.39 is 0 Å². The molecule has 0 aromatic heterocycles. The third kappa shape index (κ3) is 5.03. The summed E-state index contributed by atoms with van der Waals surface area (Å²) in [4.78, 5) is 28.2. The van der Waals surface area contributed by atoms with Gasteiger partial charge in [-0.25, -0.2) is 0 Å². The predicted octanol–water partition coefficient (Wildman–Crippen LogP) is 2.43. The van der Waals surface area contributed by atoms with Crippen LogP contribution in [-0.4, -0.2) is 61.0 Å². The standard InChI is InChI=1S/C22H26N2O4/c1-17-7-6-10-20(18(17)2)28-16-22(26)24-13-11-23(12-14-24)21(25)15-27-19-8-4-3-5-9-19/h3-10H,11-16H2,1-2H3. The van der Waals surface area contributed by atoms with Crippen LogP contribution >= 0.6 is 0 Å². The SMILES string of the molecule is Cc1cccc(OCC(=O)N2CCN(C(=O)COc3ccccc3)CC2)c1C. The quantitative estimate of drug-likeness (QED) is 0.770. The Hall–Kier alpha value is -3.02. The molecule has 3 rings (SSSR count). The van der Waals surface area contributed by atoms with Crippen LogP contribution in [0, 0.1) is 13.8 Å². The average Bonchev–Trinajstić information content (AvgIpc) is 2.73. The lowest BCUT2D eigenvalue weighted by Crippen LogP contribution is -2.52. The lowest BCUT2D eigenvalue weighted by atomic mass is 10.1. The van der Waals surface area contributed by atoms with E-state index >= 15 is 0 Å². The molecule has 1 heterocycles. The maximum absolute atomic E-state index is 12.4. The molecule has 0 saturated carbocycles. The first-order valence-electron chi connectivity index (χ1n) is 9.47. The molecule has 0 unspecified atom stereocenters. The van der Waals surface area contributed by atoms with E-state index in [9.17, 15) is 9.59 Å². The van der Waals surface area contributed by atoms with Crippen LogP contribution in [0.15, 0.2) is 48.5 Å². The third-order valence-electron chi connectivity index (χ3n) is 5.00. The molecule has 0 N–H and O–H groups in total. The van der Waals surface area contributed by atoms with Gasteiger partial charge in [0.25, 0.3) is 11.8 Å². The molecule has 1 aliphatic rings. The maximum Gasteiger partial charge on any atom is 0.260 e.